The number of hydrogen-bond donors (Lipinski definition) is 1. The first kappa shape index (κ1) is 10.8. The topological polar surface area (TPSA) is 20.3 Å². The van der Waals surface area contributed by atoms with Gasteiger partial charge in [0.15, 0.2) is 0 Å². The molecule has 0 saturated heterocycles. The number of nitrogens with zero attached hydrogens (tertiary/aromatic N) is 1. The van der Waals surface area contributed by atoms with Gasteiger partial charge in [-0.2, -0.15) is 0 Å². The predicted molar refractivity (Wildman–Crippen MR) is 60.3 cm³/mol. The van der Waals surface area contributed by atoms with Gasteiger partial charge in [0, 0.05) is 24.7 Å². The van der Waals surface area contributed by atoms with Crippen LogP contribution in [0.15, 0.2) is 29.2 Å². The SMILES string of the molecule is CN(C)c1cccc([SH](=O)(Cl)Cl)c1. The highest BCUT2D eigenvalue weighted by Crippen LogP contribution is 2.30. The Hall–Kier alpha value is -0.250. The van der Waals surface area contributed by atoms with Crippen molar-refractivity contribution in [1.82, 2.24) is 0 Å². The molecule has 2 nitrogen and oxygen atoms in total. The van der Waals surface area contributed by atoms with Gasteiger partial charge in [-0.25, -0.2) is 0 Å². The first-order valence-electron chi connectivity index (χ1n) is 3.68. The molecule has 5 heteroatoms. The van der Waals surface area contributed by atoms with Gasteiger partial charge in [-0.15, -0.1) is 0 Å². The first-order valence-corrected chi connectivity index (χ1v) is 7.20. The molecule has 1 aromatic carbocycles. The lowest BCUT2D eigenvalue weighted by molar-refractivity contribution is 0.688. The van der Waals surface area contributed by atoms with E-state index in [0.717, 1.165) is 5.69 Å². The van der Waals surface area contributed by atoms with Crippen LogP contribution in [0.2, 0.25) is 0 Å². The molecule has 0 N–H and O–H groups in total. The standard InChI is InChI=1S/C8H11Cl2NOS/c1-11(2)7-4-3-5-8(6-7)13(9,10)12/h3-6,13H,1-2H3. The van der Waals surface area contributed by atoms with E-state index in [9.17, 15) is 4.21 Å². The molecule has 0 bridgehead atoms. The summed E-state index contributed by atoms with van der Waals surface area (Å²) in [5.74, 6) is 0. The van der Waals surface area contributed by atoms with Crippen molar-refractivity contribution in [3.8, 4) is 0 Å². The number of rotatable bonds is 2. The second-order valence-electron chi connectivity index (χ2n) is 2.88. The van der Waals surface area contributed by atoms with Gasteiger partial charge in [-0.3, -0.25) is 4.21 Å². The number of anilines is 1. The maximum absolute atomic E-state index is 11.3. The highest BCUT2D eigenvalue weighted by atomic mass is 36.0. The third kappa shape index (κ3) is 2.86. The average molecular weight is 240 g/mol. The van der Waals surface area contributed by atoms with Crippen molar-refractivity contribution in [2.45, 2.75) is 4.90 Å². The number of thiol groups is 1. The molecule has 0 saturated carbocycles. The minimum atomic E-state index is -3.17. The zero-order chi connectivity index (χ0) is 10.1. The molecule has 0 spiro atoms. The molecule has 0 aromatic heterocycles. The van der Waals surface area contributed by atoms with E-state index in [2.05, 4.69) is 0 Å². The van der Waals surface area contributed by atoms with Gasteiger partial charge in [-0.1, -0.05) is 6.07 Å². The summed E-state index contributed by atoms with van der Waals surface area (Å²) in [6.45, 7) is 0. The second kappa shape index (κ2) is 3.86. The van der Waals surface area contributed by atoms with Crippen LogP contribution in [-0.2, 0) is 8.36 Å². The van der Waals surface area contributed by atoms with Crippen molar-refractivity contribution in [3.63, 3.8) is 0 Å². The Morgan fingerprint density at radius 3 is 2.38 bits per heavy atom. The van der Waals surface area contributed by atoms with E-state index in [0.29, 0.717) is 4.90 Å². The van der Waals surface area contributed by atoms with Gasteiger partial charge >= 0.3 is 0 Å². The minimum absolute atomic E-state index is 0.474. The van der Waals surface area contributed by atoms with Gasteiger partial charge < -0.3 is 4.90 Å². The van der Waals surface area contributed by atoms with E-state index in [1.54, 1.807) is 18.2 Å². The van der Waals surface area contributed by atoms with Crippen LogP contribution in [0.25, 0.3) is 0 Å². The second-order valence-corrected chi connectivity index (χ2v) is 7.69. The van der Waals surface area contributed by atoms with E-state index in [-0.39, 0.29) is 0 Å². The lowest BCUT2D eigenvalue weighted by atomic mass is 10.3. The highest BCUT2D eigenvalue weighted by molar-refractivity contribution is 8.40. The summed E-state index contributed by atoms with van der Waals surface area (Å²) < 4.78 is 11.3. The Kier molecular flexibility index (Phi) is 3.22. The molecule has 0 aliphatic heterocycles. The molecule has 0 aliphatic carbocycles. The average Bonchev–Trinajstić information content (AvgIpc) is 2.03. The van der Waals surface area contributed by atoms with Gasteiger partial charge in [0.1, 0.15) is 0 Å². The van der Waals surface area contributed by atoms with Crippen molar-refractivity contribution >= 4 is 35.4 Å². The van der Waals surface area contributed by atoms with E-state index >= 15 is 0 Å². The molecular weight excluding hydrogens is 229 g/mol. The molecule has 0 aliphatic rings. The fourth-order valence-electron chi connectivity index (χ4n) is 0.933. The minimum Gasteiger partial charge on any atom is -0.378 e. The molecule has 0 fully saturated rings. The Morgan fingerprint density at radius 1 is 1.31 bits per heavy atom. The molecule has 1 aromatic rings. The molecule has 0 radical (unpaired) electrons. The zero-order valence-electron chi connectivity index (χ0n) is 7.37. The molecule has 0 atom stereocenters. The van der Waals surface area contributed by atoms with Crippen LogP contribution in [0.5, 0.6) is 0 Å². The highest BCUT2D eigenvalue weighted by Gasteiger charge is 2.10. The lowest BCUT2D eigenvalue weighted by Crippen LogP contribution is -2.09. The summed E-state index contributed by atoms with van der Waals surface area (Å²) >= 11 is 0. The predicted octanol–water partition coefficient (Wildman–Crippen LogP) is 2.44. The smallest absolute Gasteiger partial charge is 0.0575 e. The summed E-state index contributed by atoms with van der Waals surface area (Å²) in [5, 5.41) is 0. The Labute approximate surface area is 87.9 Å². The van der Waals surface area contributed by atoms with E-state index in [1.165, 1.54) is 0 Å². The molecule has 0 unspecified atom stereocenters. The fraction of sp³-hybridized carbons (Fsp3) is 0.250. The van der Waals surface area contributed by atoms with Crippen LogP contribution in [-0.4, -0.2) is 18.3 Å². The van der Waals surface area contributed by atoms with Crippen LogP contribution in [0, 0.1) is 0 Å². The van der Waals surface area contributed by atoms with Crippen LogP contribution >= 0.6 is 21.4 Å². The quantitative estimate of drug-likeness (QED) is 0.633. The van der Waals surface area contributed by atoms with Gasteiger partial charge in [0.05, 0.1) is 8.36 Å². The maximum atomic E-state index is 11.3. The third-order valence-corrected chi connectivity index (χ3v) is 3.70. The summed E-state index contributed by atoms with van der Waals surface area (Å²) in [7, 11) is 11.7. The molecule has 1 rings (SSSR count). The van der Waals surface area contributed by atoms with Crippen molar-refractivity contribution in [3.05, 3.63) is 24.3 Å². The largest absolute Gasteiger partial charge is 0.378 e. The molecule has 13 heavy (non-hydrogen) atoms. The molecule has 74 valence electrons. The normalized spacial score (nSPS) is 12.6. The third-order valence-electron chi connectivity index (χ3n) is 1.65. The summed E-state index contributed by atoms with van der Waals surface area (Å²) in [6, 6.07) is 7.06. The van der Waals surface area contributed by atoms with Gasteiger partial charge in [0.2, 0.25) is 0 Å². The van der Waals surface area contributed by atoms with Crippen molar-refractivity contribution < 1.29 is 4.21 Å². The fourth-order valence-corrected chi connectivity index (χ4v) is 2.11. The van der Waals surface area contributed by atoms with Gasteiger partial charge in [-0.05, 0) is 39.6 Å². The summed E-state index contributed by atoms with van der Waals surface area (Å²) in [6.07, 6.45) is 0. The number of hydrogen-bond acceptors (Lipinski definition) is 2. The zero-order valence-corrected chi connectivity index (χ0v) is 9.77. The van der Waals surface area contributed by atoms with E-state index in [1.807, 2.05) is 25.1 Å². The maximum Gasteiger partial charge on any atom is 0.0575 e. The Balaban J connectivity index is 3.13. The van der Waals surface area contributed by atoms with E-state index < -0.39 is 8.36 Å². The first-order chi connectivity index (χ1) is 5.91. The molecule has 0 amide bonds. The Bertz CT molecular complexity index is 348. The van der Waals surface area contributed by atoms with Crippen molar-refractivity contribution in [2.75, 3.05) is 19.0 Å². The van der Waals surface area contributed by atoms with Crippen LogP contribution < -0.4 is 4.90 Å². The van der Waals surface area contributed by atoms with Crippen molar-refractivity contribution in [2.24, 2.45) is 0 Å². The Morgan fingerprint density at radius 2 is 1.92 bits per heavy atom. The van der Waals surface area contributed by atoms with Crippen molar-refractivity contribution in [1.29, 1.82) is 0 Å². The monoisotopic (exact) mass is 239 g/mol. The summed E-state index contributed by atoms with van der Waals surface area (Å²) in [5.41, 5.74) is 0.930. The molecule has 0 heterocycles. The number of benzene rings is 1. The molecular formula is C8H11Cl2NOS. The lowest BCUT2D eigenvalue weighted by Gasteiger charge is -2.15. The van der Waals surface area contributed by atoms with E-state index in [4.69, 9.17) is 21.4 Å². The van der Waals surface area contributed by atoms with Crippen LogP contribution in [0.4, 0.5) is 5.69 Å². The van der Waals surface area contributed by atoms with Gasteiger partial charge in [0.25, 0.3) is 0 Å². The van der Waals surface area contributed by atoms with Crippen LogP contribution in [0.1, 0.15) is 0 Å². The van der Waals surface area contributed by atoms with Crippen LogP contribution in [0.3, 0.4) is 0 Å². The number of halogens is 2. The summed E-state index contributed by atoms with van der Waals surface area (Å²) in [4.78, 5) is 2.37.